The van der Waals surface area contributed by atoms with Gasteiger partial charge in [0.05, 0.1) is 4.47 Å². The second kappa shape index (κ2) is 7.27. The Morgan fingerprint density at radius 1 is 1.50 bits per heavy atom. The summed E-state index contributed by atoms with van der Waals surface area (Å²) in [7, 11) is 1.66. The van der Waals surface area contributed by atoms with E-state index in [0.29, 0.717) is 22.5 Å². The first-order valence-corrected chi connectivity index (χ1v) is 6.77. The topological polar surface area (TPSA) is 35.2 Å². The number of hydrogen-bond donors (Lipinski definition) is 1. The van der Waals surface area contributed by atoms with Gasteiger partial charge in [-0.2, -0.15) is 0 Å². The molecule has 1 aromatic carbocycles. The van der Waals surface area contributed by atoms with Gasteiger partial charge in [0.2, 0.25) is 0 Å². The molecule has 0 atom stereocenters. The highest BCUT2D eigenvalue weighted by Gasteiger charge is 2.10. The lowest BCUT2D eigenvalue weighted by atomic mass is 10.2. The minimum absolute atomic E-state index is 0.217. The van der Waals surface area contributed by atoms with E-state index in [1.807, 2.05) is 6.07 Å². The van der Waals surface area contributed by atoms with Gasteiger partial charge < -0.3 is 10.5 Å². The second-order valence-electron chi connectivity index (χ2n) is 3.25. The molecule has 0 saturated heterocycles. The molecule has 0 amide bonds. The number of benzene rings is 1. The van der Waals surface area contributed by atoms with Gasteiger partial charge >= 0.3 is 0 Å². The van der Waals surface area contributed by atoms with Crippen LogP contribution in [0.2, 0.25) is 0 Å². The summed E-state index contributed by atoms with van der Waals surface area (Å²) in [6.45, 7) is 1.04. The SMILES string of the molecule is COCCCSc1ccc(CN)c(Br)c1F. The monoisotopic (exact) mass is 307 g/mol. The Morgan fingerprint density at radius 2 is 2.25 bits per heavy atom. The molecular formula is C11H15BrFNOS. The molecule has 0 fully saturated rings. The summed E-state index contributed by atoms with van der Waals surface area (Å²) in [5.41, 5.74) is 6.28. The molecule has 90 valence electrons. The van der Waals surface area contributed by atoms with Gasteiger partial charge in [-0.25, -0.2) is 4.39 Å². The van der Waals surface area contributed by atoms with Crippen LogP contribution < -0.4 is 5.73 Å². The number of hydrogen-bond acceptors (Lipinski definition) is 3. The summed E-state index contributed by atoms with van der Waals surface area (Å²) in [6, 6.07) is 3.63. The lowest BCUT2D eigenvalue weighted by molar-refractivity contribution is 0.200. The molecule has 0 aliphatic heterocycles. The summed E-state index contributed by atoms with van der Waals surface area (Å²) in [4.78, 5) is 0.653. The highest BCUT2D eigenvalue weighted by atomic mass is 79.9. The van der Waals surface area contributed by atoms with Crippen molar-refractivity contribution in [3.05, 3.63) is 28.0 Å². The number of nitrogens with two attached hydrogens (primary N) is 1. The Labute approximate surface area is 108 Å². The van der Waals surface area contributed by atoms with Crippen molar-refractivity contribution in [1.29, 1.82) is 0 Å². The fraction of sp³-hybridized carbons (Fsp3) is 0.455. The van der Waals surface area contributed by atoms with Crippen LogP contribution in [0.3, 0.4) is 0 Å². The Kier molecular flexibility index (Phi) is 6.34. The van der Waals surface area contributed by atoms with E-state index in [-0.39, 0.29) is 5.82 Å². The predicted octanol–water partition coefficient (Wildman–Crippen LogP) is 3.18. The summed E-state index contributed by atoms with van der Waals surface area (Å²) in [5, 5.41) is 0. The molecular weight excluding hydrogens is 293 g/mol. The van der Waals surface area contributed by atoms with Gasteiger partial charge in [0.25, 0.3) is 0 Å². The van der Waals surface area contributed by atoms with E-state index in [4.69, 9.17) is 10.5 Å². The smallest absolute Gasteiger partial charge is 0.151 e. The van der Waals surface area contributed by atoms with Gasteiger partial charge in [0.15, 0.2) is 5.82 Å². The zero-order valence-electron chi connectivity index (χ0n) is 9.13. The Balaban J connectivity index is 2.64. The highest BCUT2D eigenvalue weighted by molar-refractivity contribution is 9.10. The van der Waals surface area contributed by atoms with Crippen molar-refractivity contribution in [2.75, 3.05) is 19.5 Å². The van der Waals surface area contributed by atoms with Crippen LogP contribution in [0.1, 0.15) is 12.0 Å². The predicted molar refractivity (Wildman–Crippen MR) is 69.2 cm³/mol. The van der Waals surface area contributed by atoms with Gasteiger partial charge in [-0.05, 0) is 34.0 Å². The number of thioether (sulfide) groups is 1. The highest BCUT2D eigenvalue weighted by Crippen LogP contribution is 2.30. The van der Waals surface area contributed by atoms with Crippen molar-refractivity contribution >= 4 is 27.7 Å². The fourth-order valence-corrected chi connectivity index (χ4v) is 2.74. The van der Waals surface area contributed by atoms with Crippen molar-refractivity contribution < 1.29 is 9.13 Å². The molecule has 0 aromatic heterocycles. The molecule has 16 heavy (non-hydrogen) atoms. The van der Waals surface area contributed by atoms with Gasteiger partial charge in [-0.3, -0.25) is 0 Å². The molecule has 0 bridgehead atoms. The van der Waals surface area contributed by atoms with Crippen LogP contribution in [0, 0.1) is 5.82 Å². The average Bonchev–Trinajstić information content (AvgIpc) is 2.30. The summed E-state index contributed by atoms with van der Waals surface area (Å²) < 4.78 is 19.2. The van der Waals surface area contributed by atoms with Crippen molar-refractivity contribution in [3.63, 3.8) is 0 Å². The van der Waals surface area contributed by atoms with Crippen LogP contribution in [-0.2, 0) is 11.3 Å². The summed E-state index contributed by atoms with van der Waals surface area (Å²) in [5.74, 6) is 0.629. The van der Waals surface area contributed by atoms with E-state index < -0.39 is 0 Å². The molecule has 5 heteroatoms. The van der Waals surface area contributed by atoms with Crippen molar-refractivity contribution in [1.82, 2.24) is 0 Å². The van der Waals surface area contributed by atoms with Gasteiger partial charge in [-0.15, -0.1) is 11.8 Å². The molecule has 0 saturated carbocycles. The third kappa shape index (κ3) is 3.73. The van der Waals surface area contributed by atoms with E-state index in [2.05, 4.69) is 15.9 Å². The number of rotatable bonds is 6. The molecule has 0 aliphatic carbocycles. The zero-order chi connectivity index (χ0) is 12.0. The van der Waals surface area contributed by atoms with Crippen molar-refractivity contribution in [2.24, 2.45) is 5.73 Å². The van der Waals surface area contributed by atoms with Crippen LogP contribution >= 0.6 is 27.7 Å². The van der Waals surface area contributed by atoms with Gasteiger partial charge in [-0.1, -0.05) is 6.07 Å². The van der Waals surface area contributed by atoms with E-state index in [0.717, 1.165) is 17.7 Å². The standard InChI is InChI=1S/C11H15BrFNOS/c1-15-5-2-6-16-9-4-3-8(7-14)10(12)11(9)13/h3-4H,2,5-7,14H2,1H3. The maximum atomic E-state index is 13.8. The first kappa shape index (κ1) is 14.0. The van der Waals surface area contributed by atoms with Crippen LogP contribution in [-0.4, -0.2) is 19.5 Å². The quantitative estimate of drug-likeness (QED) is 0.647. The van der Waals surface area contributed by atoms with Crippen molar-refractivity contribution in [3.8, 4) is 0 Å². The minimum Gasteiger partial charge on any atom is -0.385 e. The van der Waals surface area contributed by atoms with E-state index in [1.165, 1.54) is 11.8 Å². The van der Waals surface area contributed by atoms with Crippen molar-refractivity contribution in [2.45, 2.75) is 17.9 Å². The molecule has 0 radical (unpaired) electrons. The Bertz CT molecular complexity index is 349. The summed E-state index contributed by atoms with van der Waals surface area (Å²) in [6.07, 6.45) is 0.914. The van der Waals surface area contributed by atoms with Crippen LogP contribution in [0.4, 0.5) is 4.39 Å². The third-order valence-electron chi connectivity index (χ3n) is 2.10. The zero-order valence-corrected chi connectivity index (χ0v) is 11.5. The normalized spacial score (nSPS) is 10.8. The molecule has 1 aromatic rings. The molecule has 2 N–H and O–H groups in total. The lowest BCUT2D eigenvalue weighted by Crippen LogP contribution is -2.00. The second-order valence-corrected chi connectivity index (χ2v) is 5.18. The average molecular weight is 308 g/mol. The molecule has 0 heterocycles. The van der Waals surface area contributed by atoms with Gasteiger partial charge in [0.1, 0.15) is 0 Å². The minimum atomic E-state index is -0.217. The maximum Gasteiger partial charge on any atom is 0.151 e. The van der Waals surface area contributed by atoms with E-state index in [9.17, 15) is 4.39 Å². The number of ether oxygens (including phenoxy) is 1. The fourth-order valence-electron chi connectivity index (χ4n) is 1.23. The van der Waals surface area contributed by atoms with Crippen LogP contribution in [0.15, 0.2) is 21.5 Å². The van der Waals surface area contributed by atoms with Crippen LogP contribution in [0.5, 0.6) is 0 Å². The molecule has 1 rings (SSSR count). The summed E-state index contributed by atoms with van der Waals surface area (Å²) >= 11 is 4.72. The van der Waals surface area contributed by atoms with Crippen LogP contribution in [0.25, 0.3) is 0 Å². The number of methoxy groups -OCH3 is 1. The first-order chi connectivity index (χ1) is 7.70. The Morgan fingerprint density at radius 3 is 2.88 bits per heavy atom. The van der Waals surface area contributed by atoms with Gasteiger partial charge in [0, 0.05) is 30.9 Å². The molecule has 0 spiro atoms. The largest absolute Gasteiger partial charge is 0.385 e. The first-order valence-electron chi connectivity index (χ1n) is 4.99. The Hall–Kier alpha value is -0.100. The molecule has 0 aliphatic rings. The van der Waals surface area contributed by atoms with E-state index >= 15 is 0 Å². The third-order valence-corrected chi connectivity index (χ3v) is 4.07. The lowest BCUT2D eigenvalue weighted by Gasteiger charge is -2.07. The van der Waals surface area contributed by atoms with E-state index in [1.54, 1.807) is 13.2 Å². The molecule has 0 unspecified atom stereocenters. The molecule has 2 nitrogen and oxygen atoms in total. The number of halogens is 2. The maximum absolute atomic E-state index is 13.8.